The number of para-hydroxylation sites is 2. The van der Waals surface area contributed by atoms with Gasteiger partial charge in [-0.05, 0) is 18.2 Å². The van der Waals surface area contributed by atoms with E-state index in [2.05, 4.69) is 14.5 Å². The highest BCUT2D eigenvalue weighted by atomic mass is 35.5. The molecule has 0 atom stereocenters. The number of imidazole rings is 1. The monoisotopic (exact) mass is 286 g/mol. The molecule has 4 rings (SSSR count). The van der Waals surface area contributed by atoms with Crippen molar-refractivity contribution in [2.24, 2.45) is 0 Å². The van der Waals surface area contributed by atoms with Crippen molar-refractivity contribution < 1.29 is 4.79 Å². The Morgan fingerprint density at radius 1 is 1.30 bits per heavy atom. The summed E-state index contributed by atoms with van der Waals surface area (Å²) < 4.78 is 2.07. The van der Waals surface area contributed by atoms with Crippen molar-refractivity contribution in [1.29, 1.82) is 0 Å². The number of benzene rings is 1. The third-order valence-electron chi connectivity index (χ3n) is 3.55. The molecule has 0 aliphatic carbocycles. The molecule has 6 heteroatoms. The summed E-state index contributed by atoms with van der Waals surface area (Å²) in [5, 5.41) is 0.529. The summed E-state index contributed by atoms with van der Waals surface area (Å²) >= 11 is 5.85. The number of fused-ring (bicyclic) bond motifs is 3. The summed E-state index contributed by atoms with van der Waals surface area (Å²) in [7, 11) is 0. The van der Waals surface area contributed by atoms with Crippen LogP contribution >= 0.6 is 11.6 Å². The van der Waals surface area contributed by atoms with Crippen LogP contribution in [0.4, 0.5) is 5.95 Å². The van der Waals surface area contributed by atoms with E-state index in [1.165, 1.54) is 0 Å². The second-order valence-electron chi connectivity index (χ2n) is 4.74. The highest BCUT2D eigenvalue weighted by molar-refractivity contribution is 6.31. The zero-order valence-corrected chi connectivity index (χ0v) is 11.3. The smallest absolute Gasteiger partial charge is 0.277 e. The minimum absolute atomic E-state index is 0.106. The predicted molar refractivity (Wildman–Crippen MR) is 77.2 cm³/mol. The number of rotatable bonds is 1. The van der Waals surface area contributed by atoms with E-state index in [-0.39, 0.29) is 5.91 Å². The lowest BCUT2D eigenvalue weighted by Crippen LogP contribution is -2.29. The predicted octanol–water partition coefficient (Wildman–Crippen LogP) is 2.68. The average Bonchev–Trinajstić information content (AvgIpc) is 3.12. The molecule has 100 valence electrons. The quantitative estimate of drug-likeness (QED) is 0.748. The molecule has 0 fully saturated rings. The van der Waals surface area contributed by atoms with E-state index in [0.717, 1.165) is 17.6 Å². The molecule has 1 amide bonds. The van der Waals surface area contributed by atoms with Crippen LogP contribution in [0.2, 0.25) is 5.02 Å². The Kier molecular flexibility index (Phi) is 2.37. The van der Waals surface area contributed by atoms with E-state index in [0.29, 0.717) is 23.2 Å². The Bertz CT molecular complexity index is 820. The summed E-state index contributed by atoms with van der Waals surface area (Å²) in [5.74, 6) is 0.591. The molecule has 1 aliphatic heterocycles. The molecular weight excluding hydrogens is 276 g/mol. The number of H-pyrrole nitrogens is 1. The number of carbonyl (C=O) groups is 1. The van der Waals surface area contributed by atoms with Gasteiger partial charge in [0, 0.05) is 19.3 Å². The summed E-state index contributed by atoms with van der Waals surface area (Å²) in [6, 6.07) is 9.53. The highest BCUT2D eigenvalue weighted by Gasteiger charge is 2.29. The lowest BCUT2D eigenvalue weighted by molar-refractivity contribution is 0.0984. The average molecular weight is 287 g/mol. The number of aromatic nitrogens is 3. The SMILES string of the molecule is O=C(c1cc(Cl)c[nH]1)N1CCn2c1nc1ccccc12. The highest BCUT2D eigenvalue weighted by Crippen LogP contribution is 2.28. The van der Waals surface area contributed by atoms with Gasteiger partial charge in [-0.1, -0.05) is 23.7 Å². The van der Waals surface area contributed by atoms with Crippen LogP contribution < -0.4 is 4.90 Å². The first-order chi connectivity index (χ1) is 9.74. The molecule has 1 aromatic carbocycles. The fourth-order valence-corrected chi connectivity index (χ4v) is 2.78. The van der Waals surface area contributed by atoms with Gasteiger partial charge in [-0.3, -0.25) is 9.69 Å². The second kappa shape index (κ2) is 4.11. The molecule has 0 spiro atoms. The Hall–Kier alpha value is -2.27. The van der Waals surface area contributed by atoms with Gasteiger partial charge in [-0.2, -0.15) is 0 Å². The summed E-state index contributed by atoms with van der Waals surface area (Å²) in [6.45, 7) is 1.39. The van der Waals surface area contributed by atoms with Crippen LogP contribution in [0.5, 0.6) is 0 Å². The minimum atomic E-state index is -0.106. The number of hydrogen-bond acceptors (Lipinski definition) is 2. The maximum absolute atomic E-state index is 12.5. The van der Waals surface area contributed by atoms with Crippen molar-refractivity contribution in [3.63, 3.8) is 0 Å². The first-order valence-electron chi connectivity index (χ1n) is 6.35. The molecule has 1 aliphatic rings. The normalized spacial score (nSPS) is 13.9. The van der Waals surface area contributed by atoms with Crippen molar-refractivity contribution in [3.05, 3.63) is 47.2 Å². The lowest BCUT2D eigenvalue weighted by Gasteiger charge is -2.12. The number of anilines is 1. The first-order valence-corrected chi connectivity index (χ1v) is 6.73. The fraction of sp³-hybridized carbons (Fsp3) is 0.143. The number of amides is 1. The van der Waals surface area contributed by atoms with Crippen molar-refractivity contribution in [2.45, 2.75) is 6.54 Å². The maximum Gasteiger partial charge on any atom is 0.277 e. The summed E-state index contributed by atoms with van der Waals surface area (Å²) in [6.07, 6.45) is 1.60. The van der Waals surface area contributed by atoms with Crippen LogP contribution in [0, 0.1) is 0 Å². The number of halogens is 1. The van der Waals surface area contributed by atoms with Crippen molar-refractivity contribution in [1.82, 2.24) is 14.5 Å². The van der Waals surface area contributed by atoms with Gasteiger partial charge >= 0.3 is 0 Å². The second-order valence-corrected chi connectivity index (χ2v) is 5.18. The van der Waals surface area contributed by atoms with Crippen LogP contribution in [0.3, 0.4) is 0 Å². The summed E-state index contributed by atoms with van der Waals surface area (Å²) in [5.41, 5.74) is 2.45. The Balaban J connectivity index is 1.79. The fourth-order valence-electron chi connectivity index (χ4n) is 2.62. The number of nitrogens with one attached hydrogen (secondary N) is 1. The standard InChI is InChI=1S/C14H11ClN4O/c15-9-7-11(16-8-9)13(20)19-6-5-18-12-4-2-1-3-10(12)17-14(18)19/h1-4,7-8,16H,5-6H2. The first kappa shape index (κ1) is 11.5. The van der Waals surface area contributed by atoms with Gasteiger partial charge in [0.2, 0.25) is 5.95 Å². The van der Waals surface area contributed by atoms with E-state index in [9.17, 15) is 4.79 Å². The summed E-state index contributed by atoms with van der Waals surface area (Å²) in [4.78, 5) is 21.6. The van der Waals surface area contributed by atoms with E-state index in [1.807, 2.05) is 24.3 Å². The topological polar surface area (TPSA) is 53.9 Å². The van der Waals surface area contributed by atoms with Crippen molar-refractivity contribution >= 4 is 34.5 Å². The van der Waals surface area contributed by atoms with Gasteiger partial charge in [0.1, 0.15) is 5.69 Å². The molecule has 0 saturated heterocycles. The molecule has 3 aromatic rings. The molecule has 2 aromatic heterocycles. The van der Waals surface area contributed by atoms with Crippen molar-refractivity contribution in [2.75, 3.05) is 11.4 Å². The van der Waals surface area contributed by atoms with Crippen LogP contribution in [0.1, 0.15) is 10.5 Å². The van der Waals surface area contributed by atoms with Gasteiger partial charge in [0.05, 0.1) is 16.1 Å². The largest absolute Gasteiger partial charge is 0.356 e. The van der Waals surface area contributed by atoms with Gasteiger partial charge in [0.25, 0.3) is 5.91 Å². The molecule has 0 unspecified atom stereocenters. The van der Waals surface area contributed by atoms with E-state index in [1.54, 1.807) is 17.2 Å². The zero-order valence-electron chi connectivity index (χ0n) is 10.5. The van der Waals surface area contributed by atoms with Gasteiger partial charge in [0.15, 0.2) is 0 Å². The van der Waals surface area contributed by atoms with Crippen molar-refractivity contribution in [3.8, 4) is 0 Å². The van der Waals surface area contributed by atoms with Crippen LogP contribution in [-0.2, 0) is 6.54 Å². The van der Waals surface area contributed by atoms with E-state index in [4.69, 9.17) is 11.6 Å². The number of aromatic amines is 1. The molecular formula is C14H11ClN4O. The maximum atomic E-state index is 12.5. The molecule has 1 N–H and O–H groups in total. The minimum Gasteiger partial charge on any atom is -0.356 e. The third kappa shape index (κ3) is 1.56. The Morgan fingerprint density at radius 3 is 2.95 bits per heavy atom. The molecule has 0 saturated carbocycles. The van der Waals surface area contributed by atoms with Crippen LogP contribution in [0.15, 0.2) is 36.5 Å². The molecule has 20 heavy (non-hydrogen) atoms. The lowest BCUT2D eigenvalue weighted by atomic mass is 10.3. The Labute approximate surface area is 119 Å². The Morgan fingerprint density at radius 2 is 2.15 bits per heavy atom. The van der Waals surface area contributed by atoms with Gasteiger partial charge in [-0.15, -0.1) is 0 Å². The van der Waals surface area contributed by atoms with Crippen LogP contribution in [-0.4, -0.2) is 27.0 Å². The van der Waals surface area contributed by atoms with Gasteiger partial charge < -0.3 is 9.55 Å². The van der Waals surface area contributed by atoms with E-state index < -0.39 is 0 Å². The number of nitrogens with zero attached hydrogens (tertiary/aromatic N) is 3. The molecule has 0 radical (unpaired) electrons. The van der Waals surface area contributed by atoms with E-state index >= 15 is 0 Å². The van der Waals surface area contributed by atoms with Crippen LogP contribution in [0.25, 0.3) is 11.0 Å². The molecule has 5 nitrogen and oxygen atoms in total. The molecule has 0 bridgehead atoms. The zero-order chi connectivity index (χ0) is 13.7. The number of carbonyl (C=O) groups excluding carboxylic acids is 1. The third-order valence-corrected chi connectivity index (χ3v) is 3.76. The van der Waals surface area contributed by atoms with Gasteiger partial charge in [-0.25, -0.2) is 4.98 Å². The number of hydrogen-bond donors (Lipinski definition) is 1. The molecule has 3 heterocycles.